The molecule has 0 aliphatic carbocycles. The summed E-state index contributed by atoms with van der Waals surface area (Å²) in [5, 5.41) is 0. The summed E-state index contributed by atoms with van der Waals surface area (Å²) in [5.74, 6) is 0.203. The van der Waals surface area contributed by atoms with Gasteiger partial charge in [-0.15, -0.1) is 0 Å². The number of hydrogen-bond donors (Lipinski definition) is 1. The van der Waals surface area contributed by atoms with Gasteiger partial charge in [0.15, 0.2) is 9.84 Å². The Kier molecular flexibility index (Phi) is 4.65. The van der Waals surface area contributed by atoms with E-state index >= 15 is 0 Å². The molecule has 94 valence electrons. The highest BCUT2D eigenvalue weighted by Gasteiger charge is 2.13. The fraction of sp³-hybridized carbons (Fsp3) is 0.417. The largest absolute Gasteiger partial charge is 0.392 e. The number of benzene rings is 1. The van der Waals surface area contributed by atoms with Crippen molar-refractivity contribution in [3.63, 3.8) is 0 Å². The third-order valence-electron chi connectivity index (χ3n) is 2.40. The first-order valence-electron chi connectivity index (χ1n) is 5.38. The van der Waals surface area contributed by atoms with Gasteiger partial charge >= 0.3 is 0 Å². The van der Waals surface area contributed by atoms with E-state index in [2.05, 4.69) is 26.1 Å². The molecule has 1 aromatic carbocycles. The summed E-state index contributed by atoms with van der Waals surface area (Å²) in [6.45, 7) is 4.19. The molecule has 0 heterocycles. The van der Waals surface area contributed by atoms with Crippen LogP contribution in [0, 0.1) is 0 Å². The molecule has 0 saturated carbocycles. The zero-order valence-corrected chi connectivity index (χ0v) is 11.6. The van der Waals surface area contributed by atoms with Gasteiger partial charge in [0.1, 0.15) is 5.75 Å². The second-order valence-corrected chi connectivity index (χ2v) is 6.98. The molecule has 0 spiro atoms. The van der Waals surface area contributed by atoms with E-state index in [0.29, 0.717) is 5.92 Å². The molecule has 0 amide bonds. The standard InChI is InChI=1S/C12H17NO2S2/c1-9(2)11-5-3-10(4-6-11)7-17(14,15)8-12(13)16/h3-6,9H,7-8H2,1-2H3,(H2,13,16). The van der Waals surface area contributed by atoms with Crippen molar-refractivity contribution < 1.29 is 8.42 Å². The van der Waals surface area contributed by atoms with Gasteiger partial charge in [-0.3, -0.25) is 0 Å². The van der Waals surface area contributed by atoms with Crippen molar-refractivity contribution in [1.82, 2.24) is 0 Å². The van der Waals surface area contributed by atoms with Crippen LogP contribution in [0.4, 0.5) is 0 Å². The molecule has 0 radical (unpaired) electrons. The molecule has 0 fully saturated rings. The molecule has 1 rings (SSSR count). The molecule has 0 unspecified atom stereocenters. The highest BCUT2D eigenvalue weighted by molar-refractivity contribution is 7.93. The van der Waals surface area contributed by atoms with Crippen molar-refractivity contribution in [2.24, 2.45) is 5.73 Å². The lowest BCUT2D eigenvalue weighted by atomic mass is 10.0. The number of rotatable bonds is 5. The fourth-order valence-electron chi connectivity index (χ4n) is 1.52. The Labute approximate surface area is 108 Å². The predicted octanol–water partition coefficient (Wildman–Crippen LogP) is 2.01. The van der Waals surface area contributed by atoms with Gasteiger partial charge < -0.3 is 5.73 Å². The molecule has 3 nitrogen and oxygen atoms in total. The monoisotopic (exact) mass is 271 g/mol. The zero-order valence-electron chi connectivity index (χ0n) is 10.0. The lowest BCUT2D eigenvalue weighted by Crippen LogP contribution is -2.22. The van der Waals surface area contributed by atoms with Crippen molar-refractivity contribution in [1.29, 1.82) is 0 Å². The molecule has 2 N–H and O–H groups in total. The molecule has 0 aliphatic rings. The van der Waals surface area contributed by atoms with Crippen LogP contribution >= 0.6 is 12.2 Å². The van der Waals surface area contributed by atoms with Gasteiger partial charge in [-0.25, -0.2) is 8.42 Å². The second-order valence-electron chi connectivity index (χ2n) is 4.39. The Hall–Kier alpha value is -0.940. The highest BCUT2D eigenvalue weighted by Crippen LogP contribution is 2.16. The summed E-state index contributed by atoms with van der Waals surface area (Å²) >= 11 is 4.61. The van der Waals surface area contributed by atoms with E-state index in [4.69, 9.17) is 5.73 Å². The molecule has 1 aromatic rings. The van der Waals surface area contributed by atoms with Crippen LogP contribution in [0.2, 0.25) is 0 Å². The maximum absolute atomic E-state index is 11.7. The lowest BCUT2D eigenvalue weighted by molar-refractivity contribution is 0.599. The van der Waals surface area contributed by atoms with Crippen LogP contribution in [0.3, 0.4) is 0 Å². The first kappa shape index (κ1) is 14.1. The van der Waals surface area contributed by atoms with E-state index in [1.807, 2.05) is 24.3 Å². The first-order chi connectivity index (χ1) is 7.80. The first-order valence-corrected chi connectivity index (χ1v) is 7.60. The van der Waals surface area contributed by atoms with Crippen LogP contribution in [0.25, 0.3) is 0 Å². The van der Waals surface area contributed by atoms with Crippen LogP contribution in [0.5, 0.6) is 0 Å². The number of sulfone groups is 1. The normalized spacial score (nSPS) is 11.7. The third-order valence-corrected chi connectivity index (χ3v) is 4.25. The summed E-state index contributed by atoms with van der Waals surface area (Å²) in [7, 11) is -3.23. The summed E-state index contributed by atoms with van der Waals surface area (Å²) < 4.78 is 23.3. The number of hydrogen-bond acceptors (Lipinski definition) is 3. The van der Waals surface area contributed by atoms with Crippen molar-refractivity contribution in [2.45, 2.75) is 25.5 Å². The van der Waals surface area contributed by atoms with Crippen molar-refractivity contribution >= 4 is 27.0 Å². The fourth-order valence-corrected chi connectivity index (χ4v) is 3.30. The molecule has 0 atom stereocenters. The van der Waals surface area contributed by atoms with E-state index in [-0.39, 0.29) is 16.5 Å². The summed E-state index contributed by atoms with van der Waals surface area (Å²) in [5.41, 5.74) is 7.21. The maximum atomic E-state index is 11.7. The number of thiocarbonyl (C=S) groups is 1. The van der Waals surface area contributed by atoms with Gasteiger partial charge in [0.25, 0.3) is 0 Å². The Morgan fingerprint density at radius 3 is 2.24 bits per heavy atom. The van der Waals surface area contributed by atoms with Crippen LogP contribution in [0.1, 0.15) is 30.9 Å². The van der Waals surface area contributed by atoms with Crippen LogP contribution < -0.4 is 5.73 Å². The molecule has 0 saturated heterocycles. The quantitative estimate of drug-likeness (QED) is 0.832. The maximum Gasteiger partial charge on any atom is 0.160 e. The minimum atomic E-state index is -3.23. The van der Waals surface area contributed by atoms with Gasteiger partial charge in [-0.2, -0.15) is 0 Å². The van der Waals surface area contributed by atoms with Crippen LogP contribution in [-0.2, 0) is 15.6 Å². The highest BCUT2D eigenvalue weighted by atomic mass is 32.2. The Bertz CT molecular complexity index is 490. The van der Waals surface area contributed by atoms with E-state index in [1.165, 1.54) is 5.56 Å². The van der Waals surface area contributed by atoms with E-state index < -0.39 is 9.84 Å². The zero-order chi connectivity index (χ0) is 13.1. The van der Waals surface area contributed by atoms with E-state index in [9.17, 15) is 8.42 Å². The summed E-state index contributed by atoms with van der Waals surface area (Å²) in [6.07, 6.45) is 0. The van der Waals surface area contributed by atoms with E-state index in [1.54, 1.807) is 0 Å². The minimum Gasteiger partial charge on any atom is -0.392 e. The molecule has 0 bridgehead atoms. The minimum absolute atomic E-state index is 0.0112. The van der Waals surface area contributed by atoms with Crippen molar-refractivity contribution in [2.75, 3.05) is 5.75 Å². The smallest absolute Gasteiger partial charge is 0.160 e. The average Bonchev–Trinajstić information content (AvgIpc) is 2.15. The molecular formula is C12H17NO2S2. The van der Waals surface area contributed by atoms with Crippen molar-refractivity contribution in [3.05, 3.63) is 35.4 Å². The van der Waals surface area contributed by atoms with Crippen LogP contribution in [-0.4, -0.2) is 19.2 Å². The Morgan fingerprint density at radius 2 is 1.82 bits per heavy atom. The molecule has 17 heavy (non-hydrogen) atoms. The lowest BCUT2D eigenvalue weighted by Gasteiger charge is -2.07. The molecule has 5 heteroatoms. The molecule has 0 aromatic heterocycles. The Balaban J connectivity index is 2.79. The topological polar surface area (TPSA) is 60.2 Å². The van der Waals surface area contributed by atoms with Crippen LogP contribution in [0.15, 0.2) is 24.3 Å². The van der Waals surface area contributed by atoms with Gasteiger partial charge in [-0.1, -0.05) is 50.3 Å². The predicted molar refractivity (Wildman–Crippen MR) is 74.8 cm³/mol. The average molecular weight is 271 g/mol. The Morgan fingerprint density at radius 1 is 1.29 bits per heavy atom. The summed E-state index contributed by atoms with van der Waals surface area (Å²) in [4.78, 5) is 0.0174. The SMILES string of the molecule is CC(C)c1ccc(CS(=O)(=O)CC(N)=S)cc1. The van der Waals surface area contributed by atoms with E-state index in [0.717, 1.165) is 5.56 Å². The van der Waals surface area contributed by atoms with Gasteiger partial charge in [-0.05, 0) is 17.0 Å². The molecule has 0 aliphatic heterocycles. The summed E-state index contributed by atoms with van der Waals surface area (Å²) in [6, 6.07) is 7.59. The number of nitrogens with two attached hydrogens (primary N) is 1. The van der Waals surface area contributed by atoms with Gasteiger partial charge in [0.05, 0.1) is 10.7 Å². The third kappa shape index (κ3) is 4.83. The van der Waals surface area contributed by atoms with Gasteiger partial charge in [0, 0.05) is 0 Å². The van der Waals surface area contributed by atoms with Crippen molar-refractivity contribution in [3.8, 4) is 0 Å². The van der Waals surface area contributed by atoms with Gasteiger partial charge in [0.2, 0.25) is 0 Å². The molecular weight excluding hydrogens is 254 g/mol. The second kappa shape index (κ2) is 5.60.